The van der Waals surface area contributed by atoms with Crippen molar-refractivity contribution in [3.63, 3.8) is 0 Å². The van der Waals surface area contributed by atoms with E-state index in [0.717, 1.165) is 0 Å². The monoisotopic (exact) mass is 189 g/mol. The van der Waals surface area contributed by atoms with Crippen molar-refractivity contribution >= 4 is 5.97 Å². The second-order valence-corrected chi connectivity index (χ2v) is 3.66. The Balaban J connectivity index is 4.36. The van der Waals surface area contributed by atoms with Crippen LogP contribution in [0.3, 0.4) is 0 Å². The molecule has 0 saturated carbocycles. The van der Waals surface area contributed by atoms with E-state index in [1.165, 1.54) is 0 Å². The highest BCUT2D eigenvalue weighted by Gasteiger charge is 2.32. The van der Waals surface area contributed by atoms with Crippen LogP contribution in [0.15, 0.2) is 0 Å². The van der Waals surface area contributed by atoms with E-state index >= 15 is 0 Å². The summed E-state index contributed by atoms with van der Waals surface area (Å²) in [7, 11) is 0. The number of nitrogens with one attached hydrogen (secondary N) is 1. The lowest BCUT2D eigenvalue weighted by atomic mass is 9.97. The van der Waals surface area contributed by atoms with Crippen LogP contribution in [-0.4, -0.2) is 33.9 Å². The summed E-state index contributed by atoms with van der Waals surface area (Å²) in [6, 6.07) is -0.221. The third-order valence-electron chi connectivity index (χ3n) is 2.45. The van der Waals surface area contributed by atoms with Crippen LogP contribution in [0, 0.1) is 0 Å². The molecule has 3 N–H and O–H groups in total. The lowest BCUT2D eigenvalue weighted by molar-refractivity contribution is -0.144. The first-order valence-corrected chi connectivity index (χ1v) is 4.52. The maximum absolute atomic E-state index is 10.9. The second-order valence-electron chi connectivity index (χ2n) is 3.66. The summed E-state index contributed by atoms with van der Waals surface area (Å²) in [5.41, 5.74) is -0.948. The minimum absolute atomic E-state index is 0.221. The lowest BCUT2D eigenvalue weighted by Gasteiger charge is -2.30. The molecular weight excluding hydrogens is 170 g/mol. The smallest absolute Gasteiger partial charge is 0.323 e. The van der Waals surface area contributed by atoms with Crippen LogP contribution in [0.25, 0.3) is 0 Å². The van der Waals surface area contributed by atoms with E-state index in [-0.39, 0.29) is 6.04 Å². The molecule has 0 aromatic rings. The number of carboxylic acid groups (broad SMARTS) is 1. The zero-order valence-electron chi connectivity index (χ0n) is 8.66. The predicted molar refractivity (Wildman–Crippen MR) is 50.6 cm³/mol. The number of aliphatic hydroxyl groups is 1. The molecule has 13 heavy (non-hydrogen) atoms. The molecule has 0 spiro atoms. The van der Waals surface area contributed by atoms with Crippen molar-refractivity contribution in [1.82, 2.24) is 5.32 Å². The Morgan fingerprint density at radius 3 is 2.23 bits per heavy atom. The third-order valence-corrected chi connectivity index (χ3v) is 2.45. The van der Waals surface area contributed by atoms with E-state index in [9.17, 15) is 9.90 Å². The van der Waals surface area contributed by atoms with Gasteiger partial charge in [-0.05, 0) is 27.2 Å². The Hall–Kier alpha value is -0.610. The zero-order valence-corrected chi connectivity index (χ0v) is 8.66. The van der Waals surface area contributed by atoms with Crippen molar-refractivity contribution in [3.05, 3.63) is 0 Å². The van der Waals surface area contributed by atoms with Crippen molar-refractivity contribution in [2.45, 2.75) is 51.8 Å². The number of hydrogen-bond donors (Lipinski definition) is 3. The van der Waals surface area contributed by atoms with Gasteiger partial charge in [-0.1, -0.05) is 6.92 Å². The van der Waals surface area contributed by atoms with Crippen LogP contribution < -0.4 is 5.32 Å². The van der Waals surface area contributed by atoms with Crippen molar-refractivity contribution in [1.29, 1.82) is 0 Å². The van der Waals surface area contributed by atoms with Gasteiger partial charge in [0.25, 0.3) is 0 Å². The first-order valence-electron chi connectivity index (χ1n) is 4.52. The molecule has 3 atom stereocenters. The van der Waals surface area contributed by atoms with Crippen molar-refractivity contribution in [3.8, 4) is 0 Å². The molecule has 78 valence electrons. The molecule has 4 nitrogen and oxygen atoms in total. The molecule has 3 unspecified atom stereocenters. The molecule has 0 amide bonds. The largest absolute Gasteiger partial charge is 0.480 e. The van der Waals surface area contributed by atoms with E-state index in [4.69, 9.17) is 5.11 Å². The van der Waals surface area contributed by atoms with Crippen LogP contribution in [0.2, 0.25) is 0 Å². The Kier molecular flexibility index (Phi) is 4.36. The van der Waals surface area contributed by atoms with Crippen molar-refractivity contribution in [2.24, 2.45) is 0 Å². The number of aliphatic hydroxyl groups excluding tert-OH is 1. The van der Waals surface area contributed by atoms with Gasteiger partial charge in [-0.15, -0.1) is 0 Å². The lowest BCUT2D eigenvalue weighted by Crippen LogP contribution is -2.55. The topological polar surface area (TPSA) is 69.6 Å². The van der Waals surface area contributed by atoms with E-state index < -0.39 is 17.6 Å². The average Bonchev–Trinajstić information content (AvgIpc) is 2.03. The summed E-state index contributed by atoms with van der Waals surface area (Å²) in [6.07, 6.45) is -0.0652. The van der Waals surface area contributed by atoms with Gasteiger partial charge in [0, 0.05) is 6.04 Å². The van der Waals surface area contributed by atoms with E-state index in [1.54, 1.807) is 27.7 Å². The first-order chi connectivity index (χ1) is 5.83. The third kappa shape index (κ3) is 3.32. The maximum Gasteiger partial charge on any atom is 0.323 e. The van der Waals surface area contributed by atoms with Crippen LogP contribution in [0.4, 0.5) is 0 Å². The summed E-state index contributed by atoms with van der Waals surface area (Å²) < 4.78 is 0. The maximum atomic E-state index is 10.9. The summed E-state index contributed by atoms with van der Waals surface area (Å²) >= 11 is 0. The normalized spacial score (nSPS) is 20.4. The SMILES string of the molecule is CCC(C)(NC(C)C(C)O)C(=O)O. The van der Waals surface area contributed by atoms with Gasteiger partial charge in [0.1, 0.15) is 5.54 Å². The molecule has 0 bridgehead atoms. The molecule has 0 aromatic carbocycles. The fourth-order valence-electron chi connectivity index (χ4n) is 0.938. The molecule has 0 radical (unpaired) electrons. The van der Waals surface area contributed by atoms with Crippen LogP contribution in [-0.2, 0) is 4.79 Å². The minimum atomic E-state index is -0.948. The molecule has 0 aliphatic heterocycles. The molecule has 0 heterocycles. The summed E-state index contributed by atoms with van der Waals surface area (Å²) in [6.45, 7) is 6.82. The zero-order chi connectivity index (χ0) is 10.6. The Morgan fingerprint density at radius 2 is 2.00 bits per heavy atom. The van der Waals surface area contributed by atoms with Crippen LogP contribution in [0.5, 0.6) is 0 Å². The van der Waals surface area contributed by atoms with Gasteiger partial charge in [0.05, 0.1) is 6.10 Å². The minimum Gasteiger partial charge on any atom is -0.480 e. The quantitative estimate of drug-likeness (QED) is 0.592. The van der Waals surface area contributed by atoms with Gasteiger partial charge in [-0.25, -0.2) is 0 Å². The molecular formula is C9H19NO3. The highest BCUT2D eigenvalue weighted by atomic mass is 16.4. The highest BCUT2D eigenvalue weighted by Crippen LogP contribution is 2.11. The van der Waals surface area contributed by atoms with Gasteiger partial charge in [-0.2, -0.15) is 0 Å². The van der Waals surface area contributed by atoms with Crippen LogP contribution >= 0.6 is 0 Å². The molecule has 0 aliphatic carbocycles. The molecule has 0 aromatic heterocycles. The van der Waals surface area contributed by atoms with Gasteiger partial charge < -0.3 is 10.2 Å². The molecule has 0 fully saturated rings. The van der Waals surface area contributed by atoms with Gasteiger partial charge in [-0.3, -0.25) is 10.1 Å². The van der Waals surface area contributed by atoms with Gasteiger partial charge in [0.2, 0.25) is 0 Å². The van der Waals surface area contributed by atoms with Gasteiger partial charge in [0.15, 0.2) is 0 Å². The van der Waals surface area contributed by atoms with Gasteiger partial charge >= 0.3 is 5.97 Å². The summed E-state index contributed by atoms with van der Waals surface area (Å²) in [4.78, 5) is 10.9. The number of rotatable bonds is 5. The van der Waals surface area contributed by atoms with Crippen molar-refractivity contribution < 1.29 is 15.0 Å². The molecule has 0 aliphatic rings. The number of carbonyl (C=O) groups is 1. The second kappa shape index (κ2) is 4.58. The Morgan fingerprint density at radius 1 is 1.54 bits per heavy atom. The molecule has 4 heteroatoms. The van der Waals surface area contributed by atoms with Crippen LogP contribution in [0.1, 0.15) is 34.1 Å². The van der Waals surface area contributed by atoms with E-state index in [0.29, 0.717) is 6.42 Å². The number of aliphatic carboxylic acids is 1. The fraction of sp³-hybridized carbons (Fsp3) is 0.889. The first kappa shape index (κ1) is 12.4. The summed E-state index contributed by atoms with van der Waals surface area (Å²) in [5.74, 6) is -0.887. The highest BCUT2D eigenvalue weighted by molar-refractivity contribution is 5.78. The number of hydrogen-bond acceptors (Lipinski definition) is 3. The number of carboxylic acids is 1. The van der Waals surface area contributed by atoms with E-state index in [1.807, 2.05) is 0 Å². The Bertz CT molecular complexity index is 182. The van der Waals surface area contributed by atoms with Crippen molar-refractivity contribution in [2.75, 3.05) is 0 Å². The Labute approximate surface area is 79.0 Å². The average molecular weight is 189 g/mol. The predicted octanol–water partition coefficient (Wildman–Crippen LogP) is 0.599. The fourth-order valence-corrected chi connectivity index (χ4v) is 0.938. The standard InChI is InChI=1S/C9H19NO3/c1-5-9(4,8(12)13)10-6(2)7(3)11/h6-7,10-11H,5H2,1-4H3,(H,12,13). The molecule has 0 rings (SSSR count). The summed E-state index contributed by atoms with van der Waals surface area (Å²) in [5, 5.41) is 21.0. The molecule has 0 saturated heterocycles. The van der Waals surface area contributed by atoms with E-state index in [2.05, 4.69) is 5.32 Å².